The minimum atomic E-state index is 0.626. The Morgan fingerprint density at radius 1 is 0.419 bits per heavy atom. The summed E-state index contributed by atoms with van der Waals surface area (Å²) in [7, 11) is 0. The van der Waals surface area contributed by atoms with E-state index in [0.29, 0.717) is 10.9 Å². The van der Waals surface area contributed by atoms with Crippen LogP contribution in [0, 0.1) is 0 Å². The van der Waals surface area contributed by atoms with Gasteiger partial charge in [0.15, 0.2) is 0 Å². The number of aliphatic imine (C=N–C) groups is 1. The van der Waals surface area contributed by atoms with Gasteiger partial charge in [-0.2, -0.15) is 0 Å². The van der Waals surface area contributed by atoms with Crippen LogP contribution in [0.5, 0.6) is 0 Å². The Kier molecular flexibility index (Phi) is 39.3. The molecule has 0 atom stereocenters. The first kappa shape index (κ1) is 42.6. The van der Waals surface area contributed by atoms with Crippen LogP contribution in [0.4, 0.5) is 0 Å². The van der Waals surface area contributed by atoms with Gasteiger partial charge in [0.25, 0.3) is 0 Å². The van der Waals surface area contributed by atoms with Crippen LogP contribution in [-0.4, -0.2) is 23.5 Å². The van der Waals surface area contributed by atoms with E-state index in [1.54, 1.807) is 6.08 Å². The molecule has 0 rings (SSSR count). The summed E-state index contributed by atoms with van der Waals surface area (Å²) in [5.41, 5.74) is 0. The van der Waals surface area contributed by atoms with E-state index >= 15 is 0 Å². The van der Waals surface area contributed by atoms with E-state index in [4.69, 9.17) is 12.2 Å². The summed E-state index contributed by atoms with van der Waals surface area (Å²) in [5, 5.41) is 3.11. The van der Waals surface area contributed by atoms with Gasteiger partial charge in [-0.3, -0.25) is 0 Å². The average Bonchev–Trinajstić information content (AvgIpc) is 3.00. The molecule has 5 heteroatoms. The highest BCUT2D eigenvalue weighted by atomic mass is 32.1. The second-order valence-electron chi connectivity index (χ2n) is 13.2. The largest absolute Gasteiger partial charge is 0.371 e. The van der Waals surface area contributed by atoms with Crippen LogP contribution in [0.25, 0.3) is 0 Å². The van der Waals surface area contributed by atoms with Crippen molar-refractivity contribution >= 4 is 35.2 Å². The number of isocyanates is 1. The zero-order chi connectivity index (χ0) is 31.2. The van der Waals surface area contributed by atoms with E-state index in [1.807, 2.05) is 0 Å². The second kappa shape index (κ2) is 39.6. The highest BCUT2D eigenvalue weighted by molar-refractivity contribution is 8.11. The molecule has 0 aromatic heterocycles. The third kappa shape index (κ3) is 41.6. The smallest absolute Gasteiger partial charge is 0.234 e. The van der Waals surface area contributed by atoms with Gasteiger partial charge in [-0.25, -0.2) is 9.79 Å². The lowest BCUT2D eigenvalue weighted by molar-refractivity contribution is 0.511. The molecule has 3 nitrogen and oxygen atoms in total. The predicted molar refractivity (Wildman–Crippen MR) is 200 cm³/mol. The molecule has 0 aromatic carbocycles. The lowest BCUT2D eigenvalue weighted by atomic mass is 10.0. The molecule has 0 unspecified atom stereocenters. The average molecular weight is 639 g/mol. The van der Waals surface area contributed by atoms with Crippen molar-refractivity contribution in [3.8, 4) is 0 Å². The normalized spacial score (nSPS) is 11.1. The van der Waals surface area contributed by atoms with Crippen LogP contribution in [-0.2, 0) is 4.79 Å². The molecule has 0 heterocycles. The molecule has 0 bridgehead atoms. The van der Waals surface area contributed by atoms with Crippen LogP contribution >= 0.6 is 24.8 Å². The molecule has 0 saturated heterocycles. The van der Waals surface area contributed by atoms with Crippen LogP contribution in [0.2, 0.25) is 0 Å². The van der Waals surface area contributed by atoms with Crippen LogP contribution < -0.4 is 5.32 Å². The molecule has 1 N–H and O–H groups in total. The molecule has 0 amide bonds. The standard InChI is InChI=1S/C38H74N2OS2/c41-37-39-35-33-31-29-27-25-23-21-19-17-15-13-11-9-7-5-3-1-2-4-6-8-10-12-14-16-18-20-22-24-26-28-30-32-34-36-40-38(42)43/h1-36H2,(H2,40,42,43). The topological polar surface area (TPSA) is 41.5 Å². The molecule has 0 saturated carbocycles. The number of nitrogens with one attached hydrogen (secondary N) is 1. The summed E-state index contributed by atoms with van der Waals surface area (Å²) in [6.45, 7) is 1.65. The second-order valence-corrected chi connectivity index (χ2v) is 14.4. The van der Waals surface area contributed by atoms with Crippen molar-refractivity contribution in [3.05, 3.63) is 0 Å². The lowest BCUT2D eigenvalue weighted by Crippen LogP contribution is -2.17. The number of thiol groups is 1. The molecule has 254 valence electrons. The summed E-state index contributed by atoms with van der Waals surface area (Å²) in [5.74, 6) is 0. The molecule has 0 spiro atoms. The predicted octanol–water partition coefficient (Wildman–Crippen LogP) is 13.4. The third-order valence-corrected chi connectivity index (χ3v) is 9.34. The van der Waals surface area contributed by atoms with Gasteiger partial charge in [0, 0.05) is 6.54 Å². The first-order valence-electron chi connectivity index (χ1n) is 19.3. The van der Waals surface area contributed by atoms with E-state index in [1.165, 1.54) is 212 Å². The molecule has 0 aromatic rings. The Morgan fingerprint density at radius 2 is 0.628 bits per heavy atom. The van der Waals surface area contributed by atoms with Gasteiger partial charge >= 0.3 is 0 Å². The number of hydrogen-bond acceptors (Lipinski definition) is 3. The SMILES string of the molecule is O=C=NCCCCCCCCCCCCCCCCCCCCCCCCCCCCCCCCCCCCNC(=S)S. The van der Waals surface area contributed by atoms with Crippen LogP contribution in [0.15, 0.2) is 4.99 Å². The third-order valence-electron chi connectivity index (χ3n) is 9.04. The van der Waals surface area contributed by atoms with Gasteiger partial charge < -0.3 is 5.32 Å². The number of unbranched alkanes of at least 4 members (excludes halogenated alkanes) is 33. The maximum absolute atomic E-state index is 10.0. The fourth-order valence-corrected chi connectivity index (χ4v) is 6.43. The van der Waals surface area contributed by atoms with Crippen molar-refractivity contribution in [1.82, 2.24) is 5.32 Å². The quantitative estimate of drug-likeness (QED) is 0.0234. The zero-order valence-electron chi connectivity index (χ0n) is 28.7. The maximum atomic E-state index is 10.0. The van der Waals surface area contributed by atoms with Crippen molar-refractivity contribution in [2.24, 2.45) is 4.99 Å². The molecule has 0 fully saturated rings. The number of hydrogen-bond donors (Lipinski definition) is 2. The van der Waals surface area contributed by atoms with Gasteiger partial charge in [-0.15, -0.1) is 12.6 Å². The number of nitrogens with zero attached hydrogens (tertiary/aromatic N) is 1. The van der Waals surface area contributed by atoms with E-state index in [0.717, 1.165) is 13.0 Å². The summed E-state index contributed by atoms with van der Waals surface area (Å²) in [4.78, 5) is 13.6. The van der Waals surface area contributed by atoms with E-state index in [9.17, 15) is 4.79 Å². The van der Waals surface area contributed by atoms with Crippen molar-refractivity contribution in [2.75, 3.05) is 13.1 Å². The van der Waals surface area contributed by atoms with Gasteiger partial charge in [-0.1, -0.05) is 218 Å². The van der Waals surface area contributed by atoms with E-state index in [-0.39, 0.29) is 0 Å². The summed E-state index contributed by atoms with van der Waals surface area (Å²) >= 11 is 8.99. The van der Waals surface area contributed by atoms with E-state index < -0.39 is 0 Å². The van der Waals surface area contributed by atoms with Crippen molar-refractivity contribution in [1.29, 1.82) is 0 Å². The molecule has 43 heavy (non-hydrogen) atoms. The molecule has 0 radical (unpaired) electrons. The lowest BCUT2D eigenvalue weighted by Gasteiger charge is -2.05. The monoisotopic (exact) mass is 639 g/mol. The van der Waals surface area contributed by atoms with Crippen molar-refractivity contribution in [2.45, 2.75) is 218 Å². The first-order chi connectivity index (χ1) is 21.3. The van der Waals surface area contributed by atoms with Crippen molar-refractivity contribution < 1.29 is 4.79 Å². The highest BCUT2D eigenvalue weighted by Crippen LogP contribution is 2.17. The van der Waals surface area contributed by atoms with Gasteiger partial charge in [0.05, 0.1) is 6.54 Å². The Labute approximate surface area is 280 Å². The number of rotatable bonds is 37. The molecular formula is C38H74N2OS2. The maximum Gasteiger partial charge on any atom is 0.234 e. The minimum absolute atomic E-state index is 0.626. The Bertz CT molecular complexity index is 558. The Balaban J connectivity index is 3.04. The van der Waals surface area contributed by atoms with Gasteiger partial charge in [0.1, 0.15) is 4.32 Å². The molecule has 0 aliphatic heterocycles. The Hall–Kier alpha value is -0.380. The molecule has 0 aliphatic carbocycles. The van der Waals surface area contributed by atoms with Crippen LogP contribution in [0.1, 0.15) is 218 Å². The summed E-state index contributed by atoms with van der Waals surface area (Å²) in [6.07, 6.45) is 49.6. The Morgan fingerprint density at radius 3 is 0.837 bits per heavy atom. The number of carbonyl (C=O) groups excluding carboxylic acids is 1. The van der Waals surface area contributed by atoms with Crippen LogP contribution in [0.3, 0.4) is 0 Å². The number of thiocarbonyl (C=S) groups is 1. The molecule has 0 aliphatic rings. The van der Waals surface area contributed by atoms with Gasteiger partial charge in [0.2, 0.25) is 6.08 Å². The highest BCUT2D eigenvalue weighted by Gasteiger charge is 1.98. The fraction of sp³-hybridized carbons (Fsp3) is 0.947. The summed E-state index contributed by atoms with van der Waals surface area (Å²) < 4.78 is 0.626. The summed E-state index contributed by atoms with van der Waals surface area (Å²) in [6, 6.07) is 0. The minimum Gasteiger partial charge on any atom is -0.371 e. The zero-order valence-corrected chi connectivity index (χ0v) is 30.4. The molecular weight excluding hydrogens is 565 g/mol. The van der Waals surface area contributed by atoms with Gasteiger partial charge in [-0.05, 0) is 12.8 Å². The first-order valence-corrected chi connectivity index (χ1v) is 20.1. The van der Waals surface area contributed by atoms with Crippen molar-refractivity contribution in [3.63, 3.8) is 0 Å². The fourth-order valence-electron chi connectivity index (χ4n) is 6.21. The van der Waals surface area contributed by atoms with E-state index in [2.05, 4.69) is 22.9 Å².